The van der Waals surface area contributed by atoms with Gasteiger partial charge in [-0.3, -0.25) is 0 Å². The van der Waals surface area contributed by atoms with Crippen molar-refractivity contribution in [3.63, 3.8) is 0 Å². The van der Waals surface area contributed by atoms with E-state index in [1.165, 1.54) is 6.07 Å². The van der Waals surface area contributed by atoms with Crippen molar-refractivity contribution in [3.8, 4) is 18.1 Å². The molecule has 1 aromatic carbocycles. The maximum absolute atomic E-state index is 11.3. The molecule has 0 saturated carbocycles. The van der Waals surface area contributed by atoms with Crippen LogP contribution in [0.25, 0.3) is 0 Å². The van der Waals surface area contributed by atoms with E-state index in [2.05, 4.69) is 5.92 Å². The van der Waals surface area contributed by atoms with Gasteiger partial charge in [-0.05, 0) is 36.1 Å². The molecule has 1 unspecified atom stereocenters. The highest BCUT2D eigenvalue weighted by atomic mass is 35.7. The van der Waals surface area contributed by atoms with E-state index in [1.54, 1.807) is 12.1 Å². The molecule has 5 heteroatoms. The highest BCUT2D eigenvalue weighted by Crippen LogP contribution is 2.32. The lowest BCUT2D eigenvalue weighted by Gasteiger charge is -2.15. The SMILES string of the molecule is C#CCOc1ccc(S(=O)(=O)Cl)cc1C(C)CC. The first-order chi connectivity index (χ1) is 8.40. The molecule has 0 heterocycles. The fourth-order valence-electron chi connectivity index (χ4n) is 1.53. The molecule has 1 atom stereocenters. The molecule has 0 fully saturated rings. The van der Waals surface area contributed by atoms with Crippen LogP contribution in [0.3, 0.4) is 0 Å². The molecule has 0 aliphatic rings. The highest BCUT2D eigenvalue weighted by Gasteiger charge is 2.16. The molecule has 3 nitrogen and oxygen atoms in total. The fourth-order valence-corrected chi connectivity index (χ4v) is 2.32. The Bertz CT molecular complexity index is 558. The zero-order valence-electron chi connectivity index (χ0n) is 10.3. The van der Waals surface area contributed by atoms with Crippen LogP contribution < -0.4 is 4.74 Å². The number of benzene rings is 1. The normalized spacial score (nSPS) is 12.8. The maximum atomic E-state index is 11.3. The lowest BCUT2D eigenvalue weighted by atomic mass is 9.98. The summed E-state index contributed by atoms with van der Waals surface area (Å²) in [5.74, 6) is 3.14. The minimum atomic E-state index is -3.73. The molecule has 1 rings (SSSR count). The molecular formula is C13H15ClO3S. The van der Waals surface area contributed by atoms with Gasteiger partial charge in [-0.25, -0.2) is 8.42 Å². The van der Waals surface area contributed by atoms with Gasteiger partial charge in [-0.1, -0.05) is 19.8 Å². The molecular weight excluding hydrogens is 272 g/mol. The summed E-state index contributed by atoms with van der Waals surface area (Å²) in [6.07, 6.45) is 6.00. The second-order valence-electron chi connectivity index (χ2n) is 3.94. The Morgan fingerprint density at radius 3 is 2.67 bits per heavy atom. The molecule has 0 bridgehead atoms. The molecule has 0 aliphatic heterocycles. The van der Waals surface area contributed by atoms with Crippen LogP contribution in [0.5, 0.6) is 5.75 Å². The Hall–Kier alpha value is -1.18. The fraction of sp³-hybridized carbons (Fsp3) is 0.385. The summed E-state index contributed by atoms with van der Waals surface area (Å²) in [6, 6.07) is 4.55. The molecule has 0 aliphatic carbocycles. The second-order valence-corrected chi connectivity index (χ2v) is 6.51. The Labute approximate surface area is 113 Å². The number of ether oxygens (including phenoxy) is 1. The van der Waals surface area contributed by atoms with Crippen molar-refractivity contribution in [1.82, 2.24) is 0 Å². The van der Waals surface area contributed by atoms with Gasteiger partial charge in [0.15, 0.2) is 0 Å². The number of hydrogen-bond acceptors (Lipinski definition) is 3. The number of rotatable bonds is 5. The standard InChI is InChI=1S/C13H15ClO3S/c1-4-8-17-13-7-6-11(18(14,15)16)9-12(13)10(3)5-2/h1,6-7,9-10H,5,8H2,2-3H3. The third-order valence-electron chi connectivity index (χ3n) is 2.72. The van der Waals surface area contributed by atoms with E-state index in [9.17, 15) is 8.42 Å². The molecule has 0 radical (unpaired) electrons. The van der Waals surface area contributed by atoms with E-state index in [1.807, 2.05) is 13.8 Å². The summed E-state index contributed by atoms with van der Waals surface area (Å²) >= 11 is 0. The van der Waals surface area contributed by atoms with E-state index >= 15 is 0 Å². The molecule has 18 heavy (non-hydrogen) atoms. The van der Waals surface area contributed by atoms with Gasteiger partial charge in [0.2, 0.25) is 0 Å². The van der Waals surface area contributed by atoms with E-state index in [-0.39, 0.29) is 17.4 Å². The van der Waals surface area contributed by atoms with Crippen LogP contribution in [0.2, 0.25) is 0 Å². The van der Waals surface area contributed by atoms with Crippen molar-refractivity contribution in [3.05, 3.63) is 23.8 Å². The quantitative estimate of drug-likeness (QED) is 0.617. The Kier molecular flexibility index (Phi) is 5.06. The third kappa shape index (κ3) is 3.66. The van der Waals surface area contributed by atoms with Gasteiger partial charge < -0.3 is 4.74 Å². The van der Waals surface area contributed by atoms with Gasteiger partial charge in [0, 0.05) is 10.7 Å². The molecule has 0 saturated heterocycles. The van der Waals surface area contributed by atoms with Crippen LogP contribution >= 0.6 is 10.7 Å². The number of hydrogen-bond donors (Lipinski definition) is 0. The summed E-state index contributed by atoms with van der Waals surface area (Å²) in [7, 11) is 1.61. The molecule has 0 aromatic heterocycles. The number of halogens is 1. The van der Waals surface area contributed by atoms with E-state index in [4.69, 9.17) is 21.8 Å². The lowest BCUT2D eigenvalue weighted by molar-refractivity contribution is 0.363. The summed E-state index contributed by atoms with van der Waals surface area (Å²) in [6.45, 7) is 4.15. The van der Waals surface area contributed by atoms with Gasteiger partial charge in [-0.2, -0.15) is 0 Å². The van der Waals surface area contributed by atoms with Crippen molar-refractivity contribution in [2.75, 3.05) is 6.61 Å². The van der Waals surface area contributed by atoms with Gasteiger partial charge in [0.1, 0.15) is 12.4 Å². The smallest absolute Gasteiger partial charge is 0.261 e. The van der Waals surface area contributed by atoms with Crippen LogP contribution in [0.1, 0.15) is 31.7 Å². The molecule has 98 valence electrons. The van der Waals surface area contributed by atoms with E-state index in [0.717, 1.165) is 12.0 Å². The zero-order valence-corrected chi connectivity index (χ0v) is 11.9. The molecule has 0 spiro atoms. The van der Waals surface area contributed by atoms with Gasteiger partial charge in [0.25, 0.3) is 9.05 Å². The van der Waals surface area contributed by atoms with Crippen molar-refractivity contribution in [2.45, 2.75) is 31.1 Å². The summed E-state index contributed by atoms with van der Waals surface area (Å²) in [4.78, 5) is 0.0764. The van der Waals surface area contributed by atoms with Crippen LogP contribution in [-0.2, 0) is 9.05 Å². The zero-order chi connectivity index (χ0) is 13.8. The summed E-state index contributed by atoms with van der Waals surface area (Å²) < 4.78 is 28.0. The average molecular weight is 287 g/mol. The Morgan fingerprint density at radius 1 is 1.50 bits per heavy atom. The Balaban J connectivity index is 3.25. The minimum absolute atomic E-state index is 0.0764. The summed E-state index contributed by atoms with van der Waals surface area (Å²) in [5, 5.41) is 0. The lowest BCUT2D eigenvalue weighted by Crippen LogP contribution is -2.02. The van der Waals surface area contributed by atoms with E-state index in [0.29, 0.717) is 5.75 Å². The van der Waals surface area contributed by atoms with Gasteiger partial charge in [0.05, 0.1) is 4.90 Å². The topological polar surface area (TPSA) is 43.4 Å². The first-order valence-corrected chi connectivity index (χ1v) is 7.86. The van der Waals surface area contributed by atoms with Crippen LogP contribution in [0.15, 0.2) is 23.1 Å². The second kappa shape index (κ2) is 6.12. The Morgan fingerprint density at radius 2 is 2.17 bits per heavy atom. The van der Waals surface area contributed by atoms with Crippen molar-refractivity contribution < 1.29 is 13.2 Å². The molecule has 1 aromatic rings. The maximum Gasteiger partial charge on any atom is 0.261 e. The molecule has 0 amide bonds. The van der Waals surface area contributed by atoms with E-state index < -0.39 is 9.05 Å². The largest absolute Gasteiger partial charge is 0.481 e. The first-order valence-electron chi connectivity index (χ1n) is 5.55. The van der Waals surface area contributed by atoms with Crippen LogP contribution in [-0.4, -0.2) is 15.0 Å². The minimum Gasteiger partial charge on any atom is -0.481 e. The third-order valence-corrected chi connectivity index (χ3v) is 4.07. The number of terminal acetylenes is 1. The predicted molar refractivity (Wildman–Crippen MR) is 72.5 cm³/mol. The summed E-state index contributed by atoms with van der Waals surface area (Å²) in [5.41, 5.74) is 0.800. The molecule has 0 N–H and O–H groups in total. The van der Waals surface area contributed by atoms with Crippen molar-refractivity contribution >= 4 is 19.7 Å². The van der Waals surface area contributed by atoms with Crippen LogP contribution in [0, 0.1) is 12.3 Å². The van der Waals surface area contributed by atoms with Crippen LogP contribution in [0.4, 0.5) is 0 Å². The van der Waals surface area contributed by atoms with Gasteiger partial charge in [-0.15, -0.1) is 6.42 Å². The highest BCUT2D eigenvalue weighted by molar-refractivity contribution is 8.13. The monoisotopic (exact) mass is 286 g/mol. The van der Waals surface area contributed by atoms with Crippen molar-refractivity contribution in [1.29, 1.82) is 0 Å². The van der Waals surface area contributed by atoms with Crippen molar-refractivity contribution in [2.24, 2.45) is 0 Å². The predicted octanol–water partition coefficient (Wildman–Crippen LogP) is 3.14. The first kappa shape index (κ1) is 14.9. The van der Waals surface area contributed by atoms with Gasteiger partial charge >= 0.3 is 0 Å². The average Bonchev–Trinajstić information content (AvgIpc) is 2.34.